The molecule has 2 rings (SSSR count). The molecule has 98 valence electrons. The summed E-state index contributed by atoms with van der Waals surface area (Å²) < 4.78 is 9.91. The highest BCUT2D eigenvalue weighted by Crippen LogP contribution is 2.27. The predicted molar refractivity (Wildman–Crippen MR) is 67.4 cm³/mol. The van der Waals surface area contributed by atoms with Gasteiger partial charge >= 0.3 is 5.97 Å². The Morgan fingerprint density at radius 3 is 2.83 bits per heavy atom. The smallest absolute Gasteiger partial charge is 0.341 e. The monoisotopic (exact) mass is 251 g/mol. The summed E-state index contributed by atoms with van der Waals surface area (Å²) in [5, 5.41) is 3.21. The fourth-order valence-electron chi connectivity index (χ4n) is 1.93. The molecule has 0 radical (unpaired) electrons. The number of esters is 1. The SMILES string of the molecule is COC(=O)c1cc(N)cnc1NC1CC(OC)C1. The van der Waals surface area contributed by atoms with Crippen LogP contribution in [-0.4, -0.2) is 37.3 Å². The van der Waals surface area contributed by atoms with Gasteiger partial charge in [-0.15, -0.1) is 0 Å². The van der Waals surface area contributed by atoms with Gasteiger partial charge in [0.1, 0.15) is 11.4 Å². The van der Waals surface area contributed by atoms with E-state index in [-0.39, 0.29) is 12.1 Å². The number of pyridine rings is 1. The van der Waals surface area contributed by atoms with Crippen molar-refractivity contribution in [3.05, 3.63) is 17.8 Å². The second-order valence-corrected chi connectivity index (χ2v) is 4.33. The zero-order valence-electron chi connectivity index (χ0n) is 10.5. The summed E-state index contributed by atoms with van der Waals surface area (Å²) in [6, 6.07) is 1.84. The molecule has 0 bridgehead atoms. The van der Waals surface area contributed by atoms with Crippen molar-refractivity contribution in [1.82, 2.24) is 4.98 Å². The van der Waals surface area contributed by atoms with Gasteiger partial charge in [0.05, 0.1) is 25.1 Å². The minimum atomic E-state index is -0.445. The lowest BCUT2D eigenvalue weighted by molar-refractivity contribution is 0.0327. The number of hydrogen-bond acceptors (Lipinski definition) is 6. The summed E-state index contributed by atoms with van der Waals surface area (Å²) in [4.78, 5) is 15.8. The largest absolute Gasteiger partial charge is 0.465 e. The Bertz CT molecular complexity index is 444. The number of carbonyl (C=O) groups excluding carboxylic acids is 1. The zero-order valence-corrected chi connectivity index (χ0v) is 10.5. The molecular weight excluding hydrogens is 234 g/mol. The number of hydrogen-bond donors (Lipinski definition) is 2. The molecule has 1 heterocycles. The van der Waals surface area contributed by atoms with Gasteiger partial charge < -0.3 is 20.5 Å². The van der Waals surface area contributed by atoms with Gasteiger partial charge in [-0.1, -0.05) is 0 Å². The normalized spacial score (nSPS) is 22.1. The molecule has 1 aromatic heterocycles. The topological polar surface area (TPSA) is 86.5 Å². The number of rotatable bonds is 4. The molecule has 0 aliphatic heterocycles. The maximum atomic E-state index is 11.6. The van der Waals surface area contributed by atoms with Crippen LogP contribution < -0.4 is 11.1 Å². The molecule has 1 aliphatic carbocycles. The highest BCUT2D eigenvalue weighted by Gasteiger charge is 2.30. The summed E-state index contributed by atoms with van der Waals surface area (Å²) >= 11 is 0. The second-order valence-electron chi connectivity index (χ2n) is 4.33. The number of anilines is 2. The molecule has 18 heavy (non-hydrogen) atoms. The highest BCUT2D eigenvalue weighted by atomic mass is 16.5. The maximum Gasteiger partial charge on any atom is 0.341 e. The summed E-state index contributed by atoms with van der Waals surface area (Å²) in [6.07, 6.45) is 3.62. The first-order valence-corrected chi connectivity index (χ1v) is 5.77. The number of nitrogens with zero attached hydrogens (tertiary/aromatic N) is 1. The quantitative estimate of drug-likeness (QED) is 0.777. The lowest BCUT2D eigenvalue weighted by Gasteiger charge is -2.35. The zero-order chi connectivity index (χ0) is 13.1. The van der Waals surface area contributed by atoms with E-state index in [9.17, 15) is 4.79 Å². The van der Waals surface area contributed by atoms with Gasteiger partial charge in [0.2, 0.25) is 0 Å². The van der Waals surface area contributed by atoms with Crippen LogP contribution in [0.1, 0.15) is 23.2 Å². The molecular formula is C12H17N3O3. The van der Waals surface area contributed by atoms with Gasteiger partial charge in [0, 0.05) is 13.2 Å². The van der Waals surface area contributed by atoms with E-state index in [0.29, 0.717) is 17.1 Å². The van der Waals surface area contributed by atoms with Crippen LogP contribution in [0.4, 0.5) is 11.5 Å². The first-order chi connectivity index (χ1) is 8.63. The van der Waals surface area contributed by atoms with Crippen molar-refractivity contribution in [2.75, 3.05) is 25.3 Å². The Labute approximate surface area is 105 Å². The standard InChI is InChI=1S/C12H17N3O3/c1-17-9-4-8(5-9)15-11-10(12(16)18-2)3-7(13)6-14-11/h3,6,8-9H,4-5,13H2,1-2H3,(H,14,15). The Morgan fingerprint density at radius 1 is 1.50 bits per heavy atom. The Morgan fingerprint density at radius 2 is 2.22 bits per heavy atom. The van der Waals surface area contributed by atoms with E-state index in [2.05, 4.69) is 10.3 Å². The Hall–Kier alpha value is -1.82. The lowest BCUT2D eigenvalue weighted by atomic mass is 9.89. The first kappa shape index (κ1) is 12.6. The van der Waals surface area contributed by atoms with Gasteiger partial charge in [0.25, 0.3) is 0 Å². The molecule has 0 atom stereocenters. The van der Waals surface area contributed by atoms with Crippen LogP contribution in [0.2, 0.25) is 0 Å². The lowest BCUT2D eigenvalue weighted by Crippen LogP contribution is -2.40. The molecule has 6 nitrogen and oxygen atoms in total. The number of nitrogens with one attached hydrogen (secondary N) is 1. The number of ether oxygens (including phenoxy) is 2. The van der Waals surface area contributed by atoms with Gasteiger partial charge in [0.15, 0.2) is 0 Å². The third kappa shape index (κ3) is 2.53. The van der Waals surface area contributed by atoms with Crippen molar-refractivity contribution in [1.29, 1.82) is 0 Å². The van der Waals surface area contributed by atoms with Crippen LogP contribution >= 0.6 is 0 Å². The van der Waals surface area contributed by atoms with E-state index in [1.165, 1.54) is 13.3 Å². The minimum Gasteiger partial charge on any atom is -0.465 e. The van der Waals surface area contributed by atoms with E-state index >= 15 is 0 Å². The van der Waals surface area contributed by atoms with Gasteiger partial charge in [-0.3, -0.25) is 0 Å². The van der Waals surface area contributed by atoms with Gasteiger partial charge in [-0.25, -0.2) is 9.78 Å². The van der Waals surface area contributed by atoms with Crippen molar-refractivity contribution in [3.8, 4) is 0 Å². The van der Waals surface area contributed by atoms with Crippen LogP contribution in [0.25, 0.3) is 0 Å². The van der Waals surface area contributed by atoms with Gasteiger partial charge in [-0.05, 0) is 18.9 Å². The molecule has 1 aromatic rings. The highest BCUT2D eigenvalue weighted by molar-refractivity contribution is 5.95. The van der Waals surface area contributed by atoms with Crippen LogP contribution in [0.3, 0.4) is 0 Å². The Balaban J connectivity index is 2.10. The first-order valence-electron chi connectivity index (χ1n) is 5.77. The molecule has 1 aliphatic rings. The van der Waals surface area contributed by atoms with Crippen LogP contribution in [0.15, 0.2) is 12.3 Å². The minimum absolute atomic E-state index is 0.273. The fourth-order valence-corrected chi connectivity index (χ4v) is 1.93. The molecule has 0 unspecified atom stereocenters. The van der Waals surface area contributed by atoms with Crippen molar-refractivity contribution in [3.63, 3.8) is 0 Å². The fraction of sp³-hybridized carbons (Fsp3) is 0.500. The van der Waals surface area contributed by atoms with E-state index in [0.717, 1.165) is 12.8 Å². The van der Waals surface area contributed by atoms with Crippen LogP contribution in [0, 0.1) is 0 Å². The molecule has 3 N–H and O–H groups in total. The van der Waals surface area contributed by atoms with Crippen molar-refractivity contribution < 1.29 is 14.3 Å². The summed E-state index contributed by atoms with van der Waals surface area (Å²) in [5.74, 6) is 0.0653. The van der Waals surface area contributed by atoms with E-state index < -0.39 is 5.97 Å². The number of nitrogens with two attached hydrogens (primary N) is 1. The Kier molecular flexibility index (Phi) is 3.66. The summed E-state index contributed by atoms with van der Waals surface area (Å²) in [7, 11) is 3.03. The van der Waals surface area contributed by atoms with Crippen LogP contribution in [0.5, 0.6) is 0 Å². The molecule has 1 fully saturated rings. The molecule has 0 amide bonds. The van der Waals surface area contributed by atoms with E-state index in [1.54, 1.807) is 13.2 Å². The number of methoxy groups -OCH3 is 2. The average Bonchev–Trinajstić information content (AvgIpc) is 2.33. The summed E-state index contributed by atoms with van der Waals surface area (Å²) in [6.45, 7) is 0. The number of aromatic nitrogens is 1. The molecule has 0 spiro atoms. The molecule has 0 saturated heterocycles. The van der Waals surface area contributed by atoms with Crippen LogP contribution in [-0.2, 0) is 9.47 Å². The second kappa shape index (κ2) is 5.22. The van der Waals surface area contributed by atoms with Gasteiger partial charge in [-0.2, -0.15) is 0 Å². The molecule has 6 heteroatoms. The van der Waals surface area contributed by atoms with Crippen molar-refractivity contribution in [2.45, 2.75) is 25.0 Å². The summed E-state index contributed by atoms with van der Waals surface area (Å²) in [5.41, 5.74) is 6.42. The average molecular weight is 251 g/mol. The van der Waals surface area contributed by atoms with E-state index in [4.69, 9.17) is 15.2 Å². The third-order valence-corrected chi connectivity index (χ3v) is 3.08. The van der Waals surface area contributed by atoms with E-state index in [1.807, 2.05) is 0 Å². The molecule has 0 aromatic carbocycles. The van der Waals surface area contributed by atoms with Crippen molar-refractivity contribution >= 4 is 17.5 Å². The number of carbonyl (C=O) groups is 1. The maximum absolute atomic E-state index is 11.6. The van der Waals surface area contributed by atoms with Crippen molar-refractivity contribution in [2.24, 2.45) is 0 Å². The third-order valence-electron chi connectivity index (χ3n) is 3.08. The molecule has 1 saturated carbocycles. The predicted octanol–water partition coefficient (Wildman–Crippen LogP) is 1.04. The number of nitrogen functional groups attached to an aromatic ring is 1.